The van der Waals surface area contributed by atoms with E-state index >= 15 is 0 Å². The summed E-state index contributed by atoms with van der Waals surface area (Å²) < 4.78 is 10.8. The Bertz CT molecular complexity index is 833. The van der Waals surface area contributed by atoms with E-state index in [1.54, 1.807) is 31.4 Å². The van der Waals surface area contributed by atoms with Crippen LogP contribution >= 0.6 is 11.6 Å². The Kier molecular flexibility index (Phi) is 7.36. The number of hydrogen-bond acceptors (Lipinski definition) is 4. The number of hydrogen-bond donors (Lipinski definition) is 1. The molecule has 1 N–H and O–H groups in total. The van der Waals surface area contributed by atoms with Gasteiger partial charge in [-0.15, -0.1) is 0 Å². The van der Waals surface area contributed by atoms with E-state index in [1.165, 1.54) is 0 Å². The van der Waals surface area contributed by atoms with E-state index in [4.69, 9.17) is 21.1 Å². The summed E-state index contributed by atoms with van der Waals surface area (Å²) in [5, 5.41) is 3.64. The molecule has 1 saturated heterocycles. The molecule has 0 radical (unpaired) electrons. The molecule has 1 heterocycles. The number of nitrogens with one attached hydrogen (secondary N) is 1. The molecule has 2 aromatic rings. The van der Waals surface area contributed by atoms with Crippen molar-refractivity contribution in [2.45, 2.75) is 25.3 Å². The van der Waals surface area contributed by atoms with Gasteiger partial charge < -0.3 is 19.7 Å². The third-order valence-corrected chi connectivity index (χ3v) is 5.16. The van der Waals surface area contributed by atoms with Crippen LogP contribution < -0.4 is 14.8 Å². The fourth-order valence-corrected chi connectivity index (χ4v) is 3.44. The number of piperidine rings is 1. The van der Waals surface area contributed by atoms with E-state index < -0.39 is 0 Å². The molecule has 3 rings (SSSR count). The first-order valence-corrected chi connectivity index (χ1v) is 10.0. The molecular formula is C22H25ClN2O4. The number of carbonyl (C=O) groups is 2. The van der Waals surface area contributed by atoms with Crippen LogP contribution in [-0.4, -0.2) is 49.6 Å². The van der Waals surface area contributed by atoms with Gasteiger partial charge in [0.25, 0.3) is 5.91 Å². The zero-order valence-electron chi connectivity index (χ0n) is 16.4. The van der Waals surface area contributed by atoms with Gasteiger partial charge in [0, 0.05) is 24.2 Å². The fourth-order valence-electron chi connectivity index (χ4n) is 3.31. The second-order valence-electron chi connectivity index (χ2n) is 6.97. The van der Waals surface area contributed by atoms with Gasteiger partial charge >= 0.3 is 0 Å². The van der Waals surface area contributed by atoms with Crippen LogP contribution in [0.2, 0.25) is 5.02 Å². The first-order valence-electron chi connectivity index (χ1n) is 9.62. The van der Waals surface area contributed by atoms with Crippen molar-refractivity contribution in [1.29, 1.82) is 0 Å². The van der Waals surface area contributed by atoms with Crippen LogP contribution in [0.25, 0.3) is 0 Å². The Morgan fingerprint density at radius 3 is 2.38 bits per heavy atom. The van der Waals surface area contributed by atoms with Crippen LogP contribution in [0.5, 0.6) is 11.5 Å². The Morgan fingerprint density at radius 1 is 1.07 bits per heavy atom. The summed E-state index contributed by atoms with van der Waals surface area (Å²) in [5.74, 6) is 1.04. The summed E-state index contributed by atoms with van der Waals surface area (Å²) in [6.07, 6.45) is 1.82. The topological polar surface area (TPSA) is 67.9 Å². The first-order chi connectivity index (χ1) is 14.0. The quantitative estimate of drug-likeness (QED) is 0.753. The molecule has 29 heavy (non-hydrogen) atoms. The maximum absolute atomic E-state index is 12.5. The molecule has 1 aliphatic rings. The molecule has 2 amide bonds. The summed E-state index contributed by atoms with van der Waals surface area (Å²) >= 11 is 5.88. The van der Waals surface area contributed by atoms with Crippen molar-refractivity contribution in [3.8, 4) is 11.5 Å². The number of methoxy groups -OCH3 is 1. The molecule has 0 spiro atoms. The lowest BCUT2D eigenvalue weighted by Gasteiger charge is -2.32. The molecule has 0 unspecified atom stereocenters. The van der Waals surface area contributed by atoms with Gasteiger partial charge in [-0.3, -0.25) is 9.59 Å². The van der Waals surface area contributed by atoms with Gasteiger partial charge in [-0.1, -0.05) is 35.9 Å². The predicted octanol–water partition coefficient (Wildman–Crippen LogP) is 3.08. The zero-order valence-corrected chi connectivity index (χ0v) is 17.2. The Labute approximate surface area is 175 Å². The lowest BCUT2D eigenvalue weighted by molar-refractivity contribution is -0.131. The number of rotatable bonds is 7. The summed E-state index contributed by atoms with van der Waals surface area (Å²) in [4.78, 5) is 26.5. The van der Waals surface area contributed by atoms with Gasteiger partial charge in [0.2, 0.25) is 5.91 Å². The largest absolute Gasteiger partial charge is 0.493 e. The first kappa shape index (κ1) is 21.0. The minimum Gasteiger partial charge on any atom is -0.493 e. The minimum atomic E-state index is -0.179. The Hall–Kier alpha value is -2.73. The normalized spacial score (nSPS) is 14.3. The van der Waals surface area contributed by atoms with Crippen LogP contribution in [0, 0.1) is 0 Å². The Morgan fingerprint density at radius 2 is 1.72 bits per heavy atom. The number of halogens is 1. The molecule has 1 aliphatic heterocycles. The van der Waals surface area contributed by atoms with E-state index in [-0.39, 0.29) is 24.5 Å². The standard InChI is InChI=1S/C22H25ClN2O4/c1-28-19-4-2-3-5-20(19)29-15-21(26)24-18-10-12-25(13-11-18)22(27)14-16-6-8-17(23)9-7-16/h2-9,18H,10-15H2,1H3,(H,24,26). The van der Waals surface area contributed by atoms with E-state index in [2.05, 4.69) is 5.32 Å². The highest BCUT2D eigenvalue weighted by atomic mass is 35.5. The highest BCUT2D eigenvalue weighted by Gasteiger charge is 2.24. The van der Waals surface area contributed by atoms with Gasteiger partial charge in [-0.25, -0.2) is 0 Å². The maximum Gasteiger partial charge on any atom is 0.258 e. The van der Waals surface area contributed by atoms with Crippen molar-refractivity contribution in [3.05, 3.63) is 59.1 Å². The van der Waals surface area contributed by atoms with Crippen molar-refractivity contribution in [3.63, 3.8) is 0 Å². The molecular weight excluding hydrogens is 392 g/mol. The van der Waals surface area contributed by atoms with Crippen LogP contribution in [0.15, 0.2) is 48.5 Å². The van der Waals surface area contributed by atoms with Crippen LogP contribution in [-0.2, 0) is 16.0 Å². The zero-order chi connectivity index (χ0) is 20.6. The van der Waals surface area contributed by atoms with Crippen molar-refractivity contribution in [2.24, 2.45) is 0 Å². The molecule has 0 aromatic heterocycles. The Balaban J connectivity index is 1.40. The van der Waals surface area contributed by atoms with E-state index in [9.17, 15) is 9.59 Å². The predicted molar refractivity (Wildman–Crippen MR) is 111 cm³/mol. The van der Waals surface area contributed by atoms with Crippen molar-refractivity contribution in [1.82, 2.24) is 10.2 Å². The van der Waals surface area contributed by atoms with Gasteiger partial charge in [-0.05, 0) is 42.7 Å². The molecule has 154 valence electrons. The van der Waals surface area contributed by atoms with Crippen molar-refractivity contribution >= 4 is 23.4 Å². The van der Waals surface area contributed by atoms with Crippen LogP contribution in [0.3, 0.4) is 0 Å². The number of para-hydroxylation sites is 2. The minimum absolute atomic E-state index is 0.0448. The van der Waals surface area contributed by atoms with E-state index in [0.717, 1.165) is 18.4 Å². The number of benzene rings is 2. The molecule has 0 saturated carbocycles. The fraction of sp³-hybridized carbons (Fsp3) is 0.364. The number of likely N-dealkylation sites (tertiary alicyclic amines) is 1. The smallest absolute Gasteiger partial charge is 0.258 e. The van der Waals surface area contributed by atoms with E-state index in [1.807, 2.05) is 29.2 Å². The monoisotopic (exact) mass is 416 g/mol. The average Bonchev–Trinajstić information content (AvgIpc) is 2.74. The third kappa shape index (κ3) is 6.12. The maximum atomic E-state index is 12.5. The number of amides is 2. The number of ether oxygens (including phenoxy) is 2. The summed E-state index contributed by atoms with van der Waals surface area (Å²) in [6.45, 7) is 1.19. The molecule has 0 atom stereocenters. The SMILES string of the molecule is COc1ccccc1OCC(=O)NC1CCN(C(=O)Cc2ccc(Cl)cc2)CC1. The number of nitrogens with zero attached hydrogens (tertiary/aromatic N) is 1. The van der Waals surface area contributed by atoms with Crippen molar-refractivity contribution < 1.29 is 19.1 Å². The molecule has 6 nitrogen and oxygen atoms in total. The molecule has 0 bridgehead atoms. The number of carbonyl (C=O) groups excluding carboxylic acids is 2. The van der Waals surface area contributed by atoms with Crippen LogP contribution in [0.4, 0.5) is 0 Å². The van der Waals surface area contributed by atoms with Gasteiger partial charge in [0.1, 0.15) is 0 Å². The summed E-state index contributed by atoms with van der Waals surface area (Å²) in [7, 11) is 1.56. The second kappa shape index (κ2) is 10.2. The second-order valence-corrected chi connectivity index (χ2v) is 7.40. The average molecular weight is 417 g/mol. The van der Waals surface area contributed by atoms with E-state index in [0.29, 0.717) is 36.0 Å². The molecule has 1 fully saturated rings. The highest BCUT2D eigenvalue weighted by molar-refractivity contribution is 6.30. The lowest BCUT2D eigenvalue weighted by atomic mass is 10.0. The lowest BCUT2D eigenvalue weighted by Crippen LogP contribution is -2.47. The van der Waals surface area contributed by atoms with Crippen LogP contribution in [0.1, 0.15) is 18.4 Å². The summed E-state index contributed by atoms with van der Waals surface area (Å²) in [6, 6.07) is 14.6. The van der Waals surface area contributed by atoms with Crippen molar-refractivity contribution in [2.75, 3.05) is 26.8 Å². The van der Waals surface area contributed by atoms with Gasteiger partial charge in [0.05, 0.1) is 13.5 Å². The molecule has 0 aliphatic carbocycles. The molecule has 7 heteroatoms. The third-order valence-electron chi connectivity index (χ3n) is 4.91. The summed E-state index contributed by atoms with van der Waals surface area (Å²) in [5.41, 5.74) is 0.948. The van der Waals surface area contributed by atoms with Gasteiger partial charge in [-0.2, -0.15) is 0 Å². The highest BCUT2D eigenvalue weighted by Crippen LogP contribution is 2.25. The molecule has 2 aromatic carbocycles. The van der Waals surface area contributed by atoms with Gasteiger partial charge in [0.15, 0.2) is 18.1 Å².